The van der Waals surface area contributed by atoms with Gasteiger partial charge in [0.1, 0.15) is 5.82 Å². The Balaban J connectivity index is 1.57. The van der Waals surface area contributed by atoms with Crippen LogP contribution in [-0.2, 0) is 4.79 Å². The number of amides is 2. The molecule has 0 fully saturated rings. The fourth-order valence-electron chi connectivity index (χ4n) is 3.29. The van der Waals surface area contributed by atoms with E-state index < -0.39 is 11.7 Å². The van der Waals surface area contributed by atoms with Crippen molar-refractivity contribution in [2.45, 2.75) is 6.92 Å². The summed E-state index contributed by atoms with van der Waals surface area (Å²) in [4.78, 5) is 36.4. The molecule has 2 amide bonds. The lowest BCUT2D eigenvalue weighted by molar-refractivity contribution is -0.111. The highest BCUT2D eigenvalue weighted by atomic mass is 19.1. The van der Waals surface area contributed by atoms with Gasteiger partial charge in [0.15, 0.2) is 11.6 Å². The fraction of sp³-hybridized carbons (Fsp3) is 0.0385. The molecule has 0 unspecified atom stereocenters. The first-order valence-electron chi connectivity index (χ1n) is 10.7. The quantitative estimate of drug-likeness (QED) is 0.323. The van der Waals surface area contributed by atoms with Crippen LogP contribution < -0.4 is 21.1 Å². The Hall–Kier alpha value is -5.12. The number of halogens is 1. The van der Waals surface area contributed by atoms with E-state index in [1.54, 1.807) is 49.4 Å². The van der Waals surface area contributed by atoms with Crippen LogP contribution in [0.15, 0.2) is 79.6 Å². The Morgan fingerprint density at radius 3 is 2.47 bits per heavy atom. The Labute approximate surface area is 205 Å². The van der Waals surface area contributed by atoms with E-state index in [1.165, 1.54) is 24.5 Å². The van der Waals surface area contributed by atoms with Crippen LogP contribution in [0.2, 0.25) is 0 Å². The second-order valence-electron chi connectivity index (χ2n) is 7.57. The number of rotatable bonds is 7. The molecule has 0 spiro atoms. The smallest absolute Gasteiger partial charge is 0.322 e. The van der Waals surface area contributed by atoms with Gasteiger partial charge in [0.25, 0.3) is 5.91 Å². The zero-order valence-corrected chi connectivity index (χ0v) is 19.2. The van der Waals surface area contributed by atoms with Gasteiger partial charge in [-0.2, -0.15) is 0 Å². The van der Waals surface area contributed by atoms with E-state index in [4.69, 9.17) is 10.5 Å². The number of ether oxygens (including phenoxy) is 1. The molecular weight excluding hydrogens is 463 g/mol. The third kappa shape index (κ3) is 5.50. The SMILES string of the molecule is C=CC(=O)Nc1ccc(C(=O)Nc2ccnc(N)c2-c2ccc(Oc3nccc(C)n3)c(F)c2)cc1. The van der Waals surface area contributed by atoms with Gasteiger partial charge >= 0.3 is 6.01 Å². The molecule has 4 rings (SSSR count). The van der Waals surface area contributed by atoms with Gasteiger partial charge in [-0.25, -0.2) is 19.3 Å². The lowest BCUT2D eigenvalue weighted by atomic mass is 10.0. The molecule has 2 heterocycles. The van der Waals surface area contributed by atoms with Gasteiger partial charge in [0.05, 0.1) is 5.69 Å². The molecule has 0 atom stereocenters. The number of nitrogens with zero attached hydrogens (tertiary/aromatic N) is 3. The monoisotopic (exact) mass is 484 g/mol. The summed E-state index contributed by atoms with van der Waals surface area (Å²) in [5, 5.41) is 5.39. The number of benzene rings is 2. The van der Waals surface area contributed by atoms with Crippen LogP contribution in [0.4, 0.5) is 21.6 Å². The van der Waals surface area contributed by atoms with Crippen LogP contribution in [-0.4, -0.2) is 26.8 Å². The first kappa shape index (κ1) is 24.0. The standard InChI is InChI=1S/C26H21FN6O3/c1-3-22(34)32-18-7-4-16(5-8-18)25(35)33-20-11-13-29-24(28)23(20)17-6-9-21(19(27)14-17)36-26-30-12-10-15(2)31-26/h3-14H,1H2,2H3,(H,32,34)(H3,28,29,33,35). The molecule has 36 heavy (non-hydrogen) atoms. The molecule has 0 aliphatic rings. The summed E-state index contributed by atoms with van der Waals surface area (Å²) in [6, 6.07) is 13.8. The summed E-state index contributed by atoms with van der Waals surface area (Å²) in [6.45, 7) is 5.16. The minimum atomic E-state index is -0.671. The van der Waals surface area contributed by atoms with E-state index >= 15 is 0 Å². The molecule has 0 saturated heterocycles. The van der Waals surface area contributed by atoms with Crippen LogP contribution in [0.3, 0.4) is 0 Å². The molecule has 0 aliphatic carbocycles. The first-order valence-corrected chi connectivity index (χ1v) is 10.7. The number of anilines is 3. The second-order valence-corrected chi connectivity index (χ2v) is 7.57. The van der Waals surface area contributed by atoms with Gasteiger partial charge in [0, 0.05) is 34.9 Å². The van der Waals surface area contributed by atoms with Gasteiger partial charge < -0.3 is 21.1 Å². The molecule has 9 nitrogen and oxygen atoms in total. The van der Waals surface area contributed by atoms with Crippen molar-refractivity contribution in [1.29, 1.82) is 0 Å². The maximum Gasteiger partial charge on any atom is 0.322 e. The highest BCUT2D eigenvalue weighted by Crippen LogP contribution is 2.35. The van der Waals surface area contributed by atoms with Crippen molar-refractivity contribution in [3.63, 3.8) is 0 Å². The van der Waals surface area contributed by atoms with E-state index in [-0.39, 0.29) is 23.5 Å². The predicted octanol–water partition coefficient (Wildman–Crippen LogP) is 4.74. The minimum absolute atomic E-state index is 0.0190. The van der Waals surface area contributed by atoms with E-state index in [0.29, 0.717) is 33.8 Å². The highest BCUT2D eigenvalue weighted by molar-refractivity contribution is 6.07. The second kappa shape index (κ2) is 10.4. The van der Waals surface area contributed by atoms with Crippen molar-refractivity contribution in [3.8, 4) is 22.9 Å². The predicted molar refractivity (Wildman–Crippen MR) is 134 cm³/mol. The highest BCUT2D eigenvalue weighted by Gasteiger charge is 2.17. The molecule has 180 valence electrons. The van der Waals surface area contributed by atoms with Gasteiger partial charge in [-0.15, -0.1) is 0 Å². The molecular formula is C26H21FN6O3. The van der Waals surface area contributed by atoms with Gasteiger partial charge in [-0.1, -0.05) is 12.6 Å². The molecule has 0 saturated carbocycles. The van der Waals surface area contributed by atoms with Crippen molar-refractivity contribution in [3.05, 3.63) is 96.7 Å². The fourth-order valence-corrected chi connectivity index (χ4v) is 3.29. The van der Waals surface area contributed by atoms with E-state index in [9.17, 15) is 14.0 Å². The van der Waals surface area contributed by atoms with Gasteiger partial charge in [0.2, 0.25) is 5.91 Å². The van der Waals surface area contributed by atoms with Crippen molar-refractivity contribution >= 4 is 29.0 Å². The molecule has 0 aliphatic heterocycles. The molecule has 2 aromatic carbocycles. The molecule has 4 aromatic rings. The number of carbonyl (C=O) groups excluding carboxylic acids is 2. The van der Waals surface area contributed by atoms with Gasteiger partial charge in [-0.3, -0.25) is 9.59 Å². The number of aryl methyl sites for hydroxylation is 1. The Kier molecular flexibility index (Phi) is 6.96. The van der Waals surface area contributed by atoms with Crippen molar-refractivity contribution in [2.75, 3.05) is 16.4 Å². The first-order chi connectivity index (χ1) is 17.3. The number of nitrogen functional groups attached to an aromatic ring is 1. The summed E-state index contributed by atoms with van der Waals surface area (Å²) < 4.78 is 20.4. The van der Waals surface area contributed by atoms with Crippen LogP contribution in [0.5, 0.6) is 11.8 Å². The summed E-state index contributed by atoms with van der Waals surface area (Å²) in [7, 11) is 0. The lowest BCUT2D eigenvalue weighted by Gasteiger charge is -2.14. The van der Waals surface area contributed by atoms with Crippen molar-refractivity contribution in [2.24, 2.45) is 0 Å². The summed E-state index contributed by atoms with van der Waals surface area (Å²) in [5.74, 6) is -1.43. The normalized spacial score (nSPS) is 10.4. The average Bonchev–Trinajstić information content (AvgIpc) is 2.86. The molecule has 2 aromatic heterocycles. The van der Waals surface area contributed by atoms with Crippen LogP contribution >= 0.6 is 0 Å². The largest absolute Gasteiger partial charge is 0.421 e. The van der Waals surface area contributed by atoms with E-state index in [0.717, 1.165) is 6.08 Å². The zero-order chi connectivity index (χ0) is 25.7. The van der Waals surface area contributed by atoms with Crippen molar-refractivity contribution < 1.29 is 18.7 Å². The molecule has 4 N–H and O–H groups in total. The Morgan fingerprint density at radius 1 is 1.03 bits per heavy atom. The number of pyridine rings is 1. The maximum atomic E-state index is 14.9. The lowest BCUT2D eigenvalue weighted by Crippen LogP contribution is -2.14. The number of nitrogens with two attached hydrogens (primary N) is 1. The number of nitrogens with one attached hydrogen (secondary N) is 2. The molecule has 0 radical (unpaired) electrons. The third-order valence-corrected chi connectivity index (χ3v) is 5.02. The zero-order valence-electron chi connectivity index (χ0n) is 19.2. The van der Waals surface area contributed by atoms with E-state index in [1.807, 2.05) is 0 Å². The third-order valence-electron chi connectivity index (χ3n) is 5.02. The summed E-state index contributed by atoms with van der Waals surface area (Å²) >= 11 is 0. The summed E-state index contributed by atoms with van der Waals surface area (Å²) in [5.41, 5.74) is 8.68. The topological polar surface area (TPSA) is 132 Å². The minimum Gasteiger partial charge on any atom is -0.421 e. The van der Waals surface area contributed by atoms with Gasteiger partial charge in [-0.05, 0) is 67.1 Å². The van der Waals surface area contributed by atoms with E-state index in [2.05, 4.69) is 32.2 Å². The van der Waals surface area contributed by atoms with Crippen LogP contribution in [0.25, 0.3) is 11.1 Å². The molecule has 0 bridgehead atoms. The Morgan fingerprint density at radius 2 is 1.78 bits per heavy atom. The number of aromatic nitrogens is 3. The summed E-state index contributed by atoms with van der Waals surface area (Å²) in [6.07, 6.45) is 4.10. The Bertz CT molecular complexity index is 1460. The van der Waals surface area contributed by atoms with Crippen molar-refractivity contribution in [1.82, 2.24) is 15.0 Å². The van der Waals surface area contributed by atoms with Crippen LogP contribution in [0.1, 0.15) is 16.1 Å². The molecule has 10 heteroatoms. The van der Waals surface area contributed by atoms with Crippen LogP contribution in [0, 0.1) is 12.7 Å². The number of carbonyl (C=O) groups is 2. The number of hydrogen-bond donors (Lipinski definition) is 3. The number of hydrogen-bond acceptors (Lipinski definition) is 7. The average molecular weight is 484 g/mol. The maximum absolute atomic E-state index is 14.9.